The first-order chi connectivity index (χ1) is 15.4. The molecular weight excluding hydrogens is 422 g/mol. The van der Waals surface area contributed by atoms with Crippen molar-refractivity contribution in [2.75, 3.05) is 6.61 Å². The summed E-state index contributed by atoms with van der Waals surface area (Å²) in [7, 11) is 0. The standard InChI is InChI=1S/C27H34ClNO3/c1-3-31-24-10-20(9-23(28)25(24)32-16-19-6-4-18(2)5-7-19)15-29-26-11-21-8-22(12-26)14-27(30,13-21)17-26/h4-7,9-10,21-22,29-30H,3,8,11-17H2,1-2H3. The van der Waals surface area contributed by atoms with Gasteiger partial charge < -0.3 is 19.9 Å². The molecule has 0 spiro atoms. The molecule has 0 amide bonds. The number of rotatable bonds is 8. The molecule has 4 saturated carbocycles. The number of aryl methyl sites for hydroxylation is 1. The largest absolute Gasteiger partial charge is 0.490 e. The van der Waals surface area contributed by atoms with Gasteiger partial charge in [0.05, 0.1) is 17.2 Å². The Balaban J connectivity index is 1.30. The Morgan fingerprint density at radius 3 is 2.41 bits per heavy atom. The van der Waals surface area contributed by atoms with Crippen molar-refractivity contribution in [1.82, 2.24) is 5.32 Å². The number of benzene rings is 2. The van der Waals surface area contributed by atoms with E-state index in [1.165, 1.54) is 24.8 Å². The quantitative estimate of drug-likeness (QED) is 0.528. The number of aliphatic hydroxyl groups is 1. The Labute approximate surface area is 196 Å². The van der Waals surface area contributed by atoms with Gasteiger partial charge >= 0.3 is 0 Å². The third-order valence-electron chi connectivity index (χ3n) is 7.57. The topological polar surface area (TPSA) is 50.7 Å². The lowest BCUT2D eigenvalue weighted by atomic mass is 9.51. The molecule has 0 heterocycles. The second-order valence-electron chi connectivity index (χ2n) is 10.4. The van der Waals surface area contributed by atoms with E-state index < -0.39 is 5.60 Å². The van der Waals surface area contributed by atoms with Crippen molar-refractivity contribution >= 4 is 11.6 Å². The van der Waals surface area contributed by atoms with Crippen LogP contribution in [0.25, 0.3) is 0 Å². The summed E-state index contributed by atoms with van der Waals surface area (Å²) in [5, 5.41) is 15.4. The lowest BCUT2D eigenvalue weighted by Crippen LogP contribution is -2.64. The highest BCUT2D eigenvalue weighted by Gasteiger charge is 2.56. The summed E-state index contributed by atoms with van der Waals surface area (Å²) < 4.78 is 12.0. The minimum Gasteiger partial charge on any atom is -0.490 e. The molecule has 2 aromatic rings. The summed E-state index contributed by atoms with van der Waals surface area (Å²) in [6, 6.07) is 12.3. The van der Waals surface area contributed by atoms with Crippen LogP contribution in [0.15, 0.2) is 36.4 Å². The molecule has 4 nitrogen and oxygen atoms in total. The van der Waals surface area contributed by atoms with Crippen LogP contribution in [0.3, 0.4) is 0 Å². The third kappa shape index (κ3) is 4.50. The Kier molecular flexibility index (Phi) is 5.90. The lowest BCUT2D eigenvalue weighted by molar-refractivity contribution is -0.142. The fourth-order valence-corrected chi connectivity index (χ4v) is 6.96. The highest BCUT2D eigenvalue weighted by Crippen LogP contribution is 2.57. The summed E-state index contributed by atoms with van der Waals surface area (Å²) in [4.78, 5) is 0. The number of halogens is 1. The van der Waals surface area contributed by atoms with Gasteiger partial charge in [0.25, 0.3) is 0 Å². The molecule has 4 aliphatic carbocycles. The van der Waals surface area contributed by atoms with Gasteiger partial charge in [-0.15, -0.1) is 0 Å². The van der Waals surface area contributed by atoms with E-state index >= 15 is 0 Å². The third-order valence-corrected chi connectivity index (χ3v) is 7.85. The number of hydrogen-bond donors (Lipinski definition) is 2. The highest BCUT2D eigenvalue weighted by atomic mass is 35.5. The van der Waals surface area contributed by atoms with Crippen LogP contribution in [-0.2, 0) is 13.2 Å². The molecule has 172 valence electrons. The van der Waals surface area contributed by atoms with E-state index in [1.807, 2.05) is 19.1 Å². The van der Waals surface area contributed by atoms with Crippen LogP contribution < -0.4 is 14.8 Å². The average Bonchev–Trinajstić information content (AvgIpc) is 2.71. The molecular formula is C27H34ClNO3. The number of hydrogen-bond acceptors (Lipinski definition) is 4. The van der Waals surface area contributed by atoms with Crippen LogP contribution in [0, 0.1) is 18.8 Å². The summed E-state index contributed by atoms with van der Waals surface area (Å²) in [6.45, 7) is 5.76. The van der Waals surface area contributed by atoms with Gasteiger partial charge in [0.15, 0.2) is 11.5 Å². The predicted molar refractivity (Wildman–Crippen MR) is 127 cm³/mol. The molecule has 4 aliphatic rings. The maximum Gasteiger partial charge on any atom is 0.180 e. The normalized spacial score (nSPS) is 30.5. The molecule has 4 bridgehead atoms. The van der Waals surface area contributed by atoms with Gasteiger partial charge in [-0.05, 0) is 87.5 Å². The Hall–Kier alpha value is -1.75. The van der Waals surface area contributed by atoms with E-state index in [4.69, 9.17) is 21.1 Å². The predicted octanol–water partition coefficient (Wildman–Crippen LogP) is 5.80. The molecule has 2 unspecified atom stereocenters. The maximum absolute atomic E-state index is 11.0. The van der Waals surface area contributed by atoms with E-state index in [9.17, 15) is 5.11 Å². The molecule has 5 heteroatoms. The SMILES string of the molecule is CCOc1cc(CNC23CC4CC(CC(O)(C4)C2)C3)cc(Cl)c1OCc1ccc(C)cc1. The first kappa shape index (κ1) is 22.1. The highest BCUT2D eigenvalue weighted by molar-refractivity contribution is 6.32. The van der Waals surface area contributed by atoms with E-state index in [0.29, 0.717) is 48.1 Å². The molecule has 0 saturated heterocycles. The fraction of sp³-hybridized carbons (Fsp3) is 0.556. The van der Waals surface area contributed by atoms with Crippen molar-refractivity contribution in [1.29, 1.82) is 0 Å². The Bertz CT molecular complexity index is 960. The molecule has 0 aliphatic heterocycles. The van der Waals surface area contributed by atoms with E-state index in [0.717, 1.165) is 30.4 Å². The van der Waals surface area contributed by atoms with Crippen LogP contribution >= 0.6 is 11.6 Å². The zero-order valence-electron chi connectivity index (χ0n) is 19.1. The van der Waals surface area contributed by atoms with Gasteiger partial charge in [0.1, 0.15) is 6.61 Å². The molecule has 32 heavy (non-hydrogen) atoms. The summed E-state index contributed by atoms with van der Waals surface area (Å²) in [6.07, 6.45) is 6.49. The van der Waals surface area contributed by atoms with Crippen LogP contribution in [0.1, 0.15) is 62.1 Å². The zero-order valence-corrected chi connectivity index (χ0v) is 19.9. The fourth-order valence-electron chi connectivity index (χ4n) is 6.68. The number of nitrogens with one attached hydrogen (secondary N) is 1. The van der Waals surface area contributed by atoms with Crippen molar-refractivity contribution in [3.63, 3.8) is 0 Å². The van der Waals surface area contributed by atoms with Crippen molar-refractivity contribution in [3.8, 4) is 11.5 Å². The molecule has 2 N–H and O–H groups in total. The second-order valence-corrected chi connectivity index (χ2v) is 10.8. The van der Waals surface area contributed by atoms with Crippen molar-refractivity contribution < 1.29 is 14.6 Å². The van der Waals surface area contributed by atoms with Crippen LogP contribution in [0.2, 0.25) is 5.02 Å². The summed E-state index contributed by atoms with van der Waals surface area (Å²) in [5.41, 5.74) is 3.00. The van der Waals surface area contributed by atoms with Gasteiger partial charge in [-0.25, -0.2) is 0 Å². The molecule has 2 atom stereocenters. The van der Waals surface area contributed by atoms with E-state index in [2.05, 4.69) is 36.5 Å². The molecule has 0 aromatic heterocycles. The maximum atomic E-state index is 11.0. The smallest absolute Gasteiger partial charge is 0.180 e. The van der Waals surface area contributed by atoms with Crippen LogP contribution in [-0.4, -0.2) is 22.9 Å². The molecule has 4 fully saturated rings. The Morgan fingerprint density at radius 1 is 1.03 bits per heavy atom. The second kappa shape index (κ2) is 8.55. The lowest BCUT2D eigenvalue weighted by Gasteiger charge is -2.60. The molecule has 6 rings (SSSR count). The van der Waals surface area contributed by atoms with Gasteiger partial charge in [-0.2, -0.15) is 0 Å². The Morgan fingerprint density at radius 2 is 1.75 bits per heavy atom. The van der Waals surface area contributed by atoms with Gasteiger partial charge in [-0.1, -0.05) is 41.4 Å². The first-order valence-corrected chi connectivity index (χ1v) is 12.3. The first-order valence-electron chi connectivity index (χ1n) is 12.0. The average molecular weight is 456 g/mol. The monoisotopic (exact) mass is 455 g/mol. The van der Waals surface area contributed by atoms with Gasteiger partial charge in [0, 0.05) is 12.1 Å². The molecule has 0 radical (unpaired) electrons. The minimum atomic E-state index is -0.459. The summed E-state index contributed by atoms with van der Waals surface area (Å²) >= 11 is 6.67. The van der Waals surface area contributed by atoms with E-state index in [1.54, 1.807) is 0 Å². The van der Waals surface area contributed by atoms with Crippen LogP contribution in [0.5, 0.6) is 11.5 Å². The van der Waals surface area contributed by atoms with Crippen molar-refractivity contribution in [3.05, 3.63) is 58.1 Å². The number of ether oxygens (including phenoxy) is 2. The summed E-state index contributed by atoms with van der Waals surface area (Å²) in [5.74, 6) is 2.61. The molecule has 2 aromatic carbocycles. The van der Waals surface area contributed by atoms with Crippen molar-refractivity contribution in [2.24, 2.45) is 11.8 Å². The minimum absolute atomic E-state index is 0.0533. The van der Waals surface area contributed by atoms with Crippen LogP contribution in [0.4, 0.5) is 0 Å². The zero-order chi connectivity index (χ0) is 22.3. The van der Waals surface area contributed by atoms with Gasteiger partial charge in [-0.3, -0.25) is 0 Å². The van der Waals surface area contributed by atoms with E-state index in [-0.39, 0.29) is 5.54 Å². The van der Waals surface area contributed by atoms with Crippen molar-refractivity contribution in [2.45, 2.75) is 76.7 Å². The van der Waals surface area contributed by atoms with Gasteiger partial charge in [0.2, 0.25) is 0 Å².